The van der Waals surface area contributed by atoms with Gasteiger partial charge in [0.25, 0.3) is 11.8 Å². The number of carbonyl (C=O) groups excluding carboxylic acids is 3. The Morgan fingerprint density at radius 2 is 1.75 bits per heavy atom. The van der Waals surface area contributed by atoms with Gasteiger partial charge in [0.2, 0.25) is 5.91 Å². The van der Waals surface area contributed by atoms with Gasteiger partial charge in [0.1, 0.15) is 5.82 Å². The maximum Gasteiger partial charge on any atom is 0.259 e. The molecule has 204 valence electrons. The van der Waals surface area contributed by atoms with Crippen molar-refractivity contribution in [2.45, 2.75) is 44.7 Å². The number of aromatic nitrogens is 4. The quantitative estimate of drug-likeness (QED) is 0.325. The smallest absolute Gasteiger partial charge is 0.259 e. The molecule has 12 heteroatoms. The summed E-state index contributed by atoms with van der Waals surface area (Å²) in [5, 5.41) is 10.0. The van der Waals surface area contributed by atoms with E-state index in [1.165, 1.54) is 35.1 Å². The van der Waals surface area contributed by atoms with E-state index < -0.39 is 17.6 Å². The molecule has 0 aliphatic carbocycles. The number of nitrogens with one attached hydrogen (secondary N) is 2. The normalized spacial score (nSPS) is 18.2. The molecule has 5 heterocycles. The average Bonchev–Trinajstić information content (AvgIpc) is 3.64. The van der Waals surface area contributed by atoms with Gasteiger partial charge >= 0.3 is 0 Å². The van der Waals surface area contributed by atoms with Crippen molar-refractivity contribution in [3.63, 3.8) is 0 Å². The van der Waals surface area contributed by atoms with E-state index in [1.807, 2.05) is 0 Å². The van der Waals surface area contributed by atoms with Gasteiger partial charge in [-0.25, -0.2) is 8.91 Å². The van der Waals surface area contributed by atoms with Gasteiger partial charge in [0.15, 0.2) is 0 Å². The van der Waals surface area contributed by atoms with Crippen molar-refractivity contribution in [3.8, 4) is 11.3 Å². The standard InChI is InChI=1S/C28H27FN8O3/c1-15-23(9-17(10-31-15)34-26(38)14-36-18-3-4-19(36)6-5-18)35-28(40)21-11-33-37-13-24(32-12-25(21)37)16-2-7-20(27(30)39)22(29)8-16/h2,7-13,18-19H,3-6,14H2,1H3,(H2,30,39)(H,34,38)(H,35,40). The van der Waals surface area contributed by atoms with Crippen molar-refractivity contribution < 1.29 is 18.8 Å². The van der Waals surface area contributed by atoms with Gasteiger partial charge in [-0.05, 0) is 50.8 Å². The van der Waals surface area contributed by atoms with Crippen LogP contribution in [0.2, 0.25) is 0 Å². The summed E-state index contributed by atoms with van der Waals surface area (Å²) in [4.78, 5) is 48.2. The van der Waals surface area contributed by atoms with Gasteiger partial charge < -0.3 is 16.4 Å². The van der Waals surface area contributed by atoms with Crippen molar-refractivity contribution in [2.24, 2.45) is 5.73 Å². The molecule has 4 aromatic rings. The third-order valence-corrected chi connectivity index (χ3v) is 7.73. The molecule has 3 amide bonds. The molecule has 11 nitrogen and oxygen atoms in total. The lowest BCUT2D eigenvalue weighted by Crippen LogP contribution is -2.36. The molecule has 4 N–H and O–H groups in total. The molecule has 0 spiro atoms. The van der Waals surface area contributed by atoms with E-state index >= 15 is 0 Å². The molecular formula is C28H27FN8O3. The second kappa shape index (κ2) is 10.1. The van der Waals surface area contributed by atoms with Crippen molar-refractivity contribution in [3.05, 3.63) is 71.7 Å². The fourth-order valence-corrected chi connectivity index (χ4v) is 5.64. The number of primary amides is 1. The molecule has 2 bridgehead atoms. The van der Waals surface area contributed by atoms with Crippen molar-refractivity contribution in [1.82, 2.24) is 24.5 Å². The molecule has 2 aliphatic heterocycles. The third-order valence-electron chi connectivity index (χ3n) is 7.73. The predicted octanol–water partition coefficient (Wildman–Crippen LogP) is 3.16. The second-order valence-electron chi connectivity index (χ2n) is 10.2. The number of hydrogen-bond donors (Lipinski definition) is 3. The highest BCUT2D eigenvalue weighted by atomic mass is 19.1. The highest BCUT2D eigenvalue weighted by Gasteiger charge is 2.39. The number of fused-ring (bicyclic) bond motifs is 3. The first-order chi connectivity index (χ1) is 19.3. The van der Waals surface area contributed by atoms with Crippen LogP contribution >= 0.6 is 0 Å². The number of rotatable bonds is 7. The lowest BCUT2D eigenvalue weighted by molar-refractivity contribution is -0.117. The number of halogens is 1. The number of nitrogens with zero attached hydrogens (tertiary/aromatic N) is 5. The summed E-state index contributed by atoms with van der Waals surface area (Å²) < 4.78 is 15.7. The summed E-state index contributed by atoms with van der Waals surface area (Å²) in [5.41, 5.74) is 8.02. The van der Waals surface area contributed by atoms with E-state index in [0.717, 1.165) is 25.7 Å². The van der Waals surface area contributed by atoms with Crippen LogP contribution in [0.1, 0.15) is 52.1 Å². The summed E-state index contributed by atoms with van der Waals surface area (Å²) in [6, 6.07) is 6.68. The van der Waals surface area contributed by atoms with Gasteiger partial charge in [-0.2, -0.15) is 5.10 Å². The fraction of sp³-hybridized carbons (Fsp3) is 0.286. The summed E-state index contributed by atoms with van der Waals surface area (Å²) >= 11 is 0. The number of amides is 3. The van der Waals surface area contributed by atoms with E-state index in [2.05, 4.69) is 30.6 Å². The Kier molecular flexibility index (Phi) is 6.46. The Morgan fingerprint density at radius 1 is 1.00 bits per heavy atom. The summed E-state index contributed by atoms with van der Waals surface area (Å²) in [6.45, 7) is 2.11. The molecule has 0 unspecified atom stereocenters. The van der Waals surface area contributed by atoms with Crippen molar-refractivity contribution in [1.29, 1.82) is 0 Å². The highest BCUT2D eigenvalue weighted by molar-refractivity contribution is 6.09. The van der Waals surface area contributed by atoms with Crippen molar-refractivity contribution >= 4 is 34.6 Å². The van der Waals surface area contributed by atoms with E-state index in [1.54, 1.807) is 25.4 Å². The SMILES string of the molecule is Cc1ncc(NC(=O)CN2C3CCC2CC3)cc1NC(=O)c1cnn2cc(-c3ccc(C(N)=O)c(F)c3)ncc12. The van der Waals surface area contributed by atoms with Crippen LogP contribution in [0.3, 0.4) is 0 Å². The van der Waals surface area contributed by atoms with Crippen molar-refractivity contribution in [2.75, 3.05) is 17.2 Å². The average molecular weight is 543 g/mol. The maximum atomic E-state index is 14.2. The van der Waals surface area contributed by atoms with Gasteiger partial charge in [-0.3, -0.25) is 29.3 Å². The molecule has 1 aromatic carbocycles. The minimum absolute atomic E-state index is 0.101. The molecule has 0 radical (unpaired) electrons. The fourth-order valence-electron chi connectivity index (χ4n) is 5.64. The number of benzene rings is 1. The van der Waals surface area contributed by atoms with Crippen LogP contribution in [-0.2, 0) is 4.79 Å². The molecule has 2 fully saturated rings. The van der Waals surface area contributed by atoms with Gasteiger partial charge in [-0.1, -0.05) is 6.07 Å². The Balaban J connectivity index is 1.17. The number of anilines is 2. The molecule has 0 atom stereocenters. The minimum Gasteiger partial charge on any atom is -0.366 e. The van der Waals surface area contributed by atoms with E-state index in [4.69, 9.17) is 5.73 Å². The zero-order valence-electron chi connectivity index (χ0n) is 21.7. The van der Waals surface area contributed by atoms with E-state index in [0.29, 0.717) is 52.5 Å². The first kappa shape index (κ1) is 25.6. The maximum absolute atomic E-state index is 14.2. The van der Waals surface area contributed by atoms with Crippen LogP contribution in [0.25, 0.3) is 16.8 Å². The second-order valence-corrected chi connectivity index (χ2v) is 10.2. The molecule has 6 rings (SSSR count). The Morgan fingerprint density at radius 3 is 2.45 bits per heavy atom. The third kappa shape index (κ3) is 4.77. The molecule has 2 saturated heterocycles. The van der Waals surface area contributed by atoms with Crippen LogP contribution in [0.5, 0.6) is 0 Å². The monoisotopic (exact) mass is 542 g/mol. The number of aryl methyl sites for hydroxylation is 1. The van der Waals surface area contributed by atoms with Crippen LogP contribution in [0.4, 0.5) is 15.8 Å². The zero-order valence-corrected chi connectivity index (χ0v) is 21.7. The zero-order chi connectivity index (χ0) is 28.0. The molecule has 2 aliphatic rings. The Bertz CT molecular complexity index is 1650. The number of pyridine rings is 1. The lowest BCUT2D eigenvalue weighted by atomic mass is 10.0. The van der Waals surface area contributed by atoms with Crippen LogP contribution in [0, 0.1) is 12.7 Å². The topological polar surface area (TPSA) is 148 Å². The van der Waals surface area contributed by atoms with E-state index in [-0.39, 0.29) is 17.0 Å². The summed E-state index contributed by atoms with van der Waals surface area (Å²) in [7, 11) is 0. The number of carbonyl (C=O) groups is 3. The van der Waals surface area contributed by atoms with Gasteiger partial charge in [0.05, 0.1) is 70.7 Å². The number of hydrogen-bond acceptors (Lipinski definition) is 7. The highest BCUT2D eigenvalue weighted by Crippen LogP contribution is 2.37. The first-order valence-corrected chi connectivity index (χ1v) is 13.0. The largest absolute Gasteiger partial charge is 0.366 e. The lowest BCUT2D eigenvalue weighted by Gasteiger charge is -2.20. The summed E-state index contributed by atoms with van der Waals surface area (Å²) in [5.74, 6) is -2.14. The van der Waals surface area contributed by atoms with Crippen LogP contribution in [0.15, 0.2) is 49.1 Å². The van der Waals surface area contributed by atoms with E-state index in [9.17, 15) is 18.8 Å². The predicted molar refractivity (Wildman–Crippen MR) is 145 cm³/mol. The molecular weight excluding hydrogens is 515 g/mol. The molecule has 40 heavy (non-hydrogen) atoms. The summed E-state index contributed by atoms with van der Waals surface area (Å²) in [6.07, 6.45) is 10.6. The minimum atomic E-state index is -0.859. The molecule has 0 saturated carbocycles. The molecule has 3 aromatic heterocycles. The van der Waals surface area contributed by atoms with Crippen LogP contribution < -0.4 is 16.4 Å². The van der Waals surface area contributed by atoms with Gasteiger partial charge in [-0.15, -0.1) is 0 Å². The van der Waals surface area contributed by atoms with Gasteiger partial charge in [0, 0.05) is 17.6 Å². The Labute approximate surface area is 228 Å². The number of nitrogens with two attached hydrogens (primary N) is 1. The first-order valence-electron chi connectivity index (χ1n) is 13.0. The Hall–Kier alpha value is -4.71. The van der Waals surface area contributed by atoms with Crippen LogP contribution in [-0.4, -0.2) is 60.8 Å².